The maximum absolute atomic E-state index is 9.46. The Morgan fingerprint density at radius 1 is 1.36 bits per heavy atom. The molecule has 0 amide bonds. The molecule has 80 valence electrons. The van der Waals surface area contributed by atoms with Crippen molar-refractivity contribution in [3.05, 3.63) is 48.6 Å². The van der Waals surface area contributed by atoms with E-state index < -0.39 is 6.10 Å². The minimum atomic E-state index is -0.564. The van der Waals surface area contributed by atoms with E-state index in [9.17, 15) is 5.11 Å². The van der Waals surface area contributed by atoms with E-state index >= 15 is 0 Å². The van der Waals surface area contributed by atoms with Crippen LogP contribution in [0, 0.1) is 7.43 Å². The van der Waals surface area contributed by atoms with Crippen molar-refractivity contribution < 1.29 is 22.4 Å². The van der Waals surface area contributed by atoms with Crippen molar-refractivity contribution in [1.29, 1.82) is 0 Å². The Bertz CT molecular complexity index is 283. The van der Waals surface area contributed by atoms with Crippen LogP contribution < -0.4 is 0 Å². The van der Waals surface area contributed by atoms with Crippen LogP contribution in [0.2, 0.25) is 0 Å². The standard InChI is InChI=1S/C9H10NO.CH3.ClH.Rh/c10-8-5-6-3-1-2-4-7(6)9(8)11;;;/h1-4,8-11H,5H2;1H3;1H;/q2*-1;;+3/p-1. The van der Waals surface area contributed by atoms with E-state index in [1.165, 1.54) is 0 Å². The fourth-order valence-electron chi connectivity index (χ4n) is 1.57. The number of nitrogens with one attached hydrogen (secondary N) is 1. The quantitative estimate of drug-likeness (QED) is 0.581. The van der Waals surface area contributed by atoms with Gasteiger partial charge in [-0.2, -0.15) is 0 Å². The SMILES string of the molecule is [CH3-].[Cl][Rh+2].[NH-]C1Cc2ccccc2C1O. The second-order valence-electron chi connectivity index (χ2n) is 2.95. The molecule has 2 N–H and O–H groups in total. The summed E-state index contributed by atoms with van der Waals surface area (Å²) < 4.78 is 0. The van der Waals surface area contributed by atoms with Crippen LogP contribution in [0.1, 0.15) is 17.2 Å². The molecule has 2 atom stereocenters. The van der Waals surface area contributed by atoms with Crippen LogP contribution in [-0.4, -0.2) is 11.1 Å². The summed E-state index contributed by atoms with van der Waals surface area (Å²) in [6, 6.07) is 7.37. The van der Waals surface area contributed by atoms with Gasteiger partial charge in [-0.05, 0) is 17.5 Å². The van der Waals surface area contributed by atoms with E-state index in [1.54, 1.807) is 0 Å². The molecule has 0 fully saturated rings. The van der Waals surface area contributed by atoms with Gasteiger partial charge in [0.1, 0.15) is 0 Å². The molecule has 0 aromatic heterocycles. The van der Waals surface area contributed by atoms with Gasteiger partial charge in [-0.3, -0.25) is 0 Å². The number of halogens is 1. The van der Waals surface area contributed by atoms with E-state index in [4.69, 9.17) is 5.73 Å². The summed E-state index contributed by atoms with van der Waals surface area (Å²) in [5.74, 6) is 0. The summed E-state index contributed by atoms with van der Waals surface area (Å²) in [4.78, 5) is 0. The van der Waals surface area contributed by atoms with Crippen LogP contribution in [-0.2, 0) is 23.7 Å². The maximum Gasteiger partial charge on any atom is 0.0634 e. The molecule has 0 spiro atoms. The summed E-state index contributed by atoms with van der Waals surface area (Å²) in [7, 11) is 4.53. The van der Waals surface area contributed by atoms with Crippen LogP contribution in [0.25, 0.3) is 5.73 Å². The summed E-state index contributed by atoms with van der Waals surface area (Å²) in [5, 5.41) is 9.46. The van der Waals surface area contributed by atoms with E-state index in [2.05, 4.69) is 9.69 Å². The fourth-order valence-corrected chi connectivity index (χ4v) is 1.57. The second kappa shape index (κ2) is 6.52. The summed E-state index contributed by atoms with van der Waals surface area (Å²) in [6.07, 6.45) is 0.128. The number of benzene rings is 1. The molecule has 0 aliphatic heterocycles. The van der Waals surface area contributed by atoms with E-state index in [0.29, 0.717) is 6.42 Å². The number of fused-ring (bicyclic) bond motifs is 1. The summed E-state index contributed by atoms with van der Waals surface area (Å²) in [5.41, 5.74) is 9.54. The average Bonchev–Trinajstić information content (AvgIpc) is 2.47. The van der Waals surface area contributed by atoms with Crippen molar-refractivity contribution in [3.63, 3.8) is 0 Å². The number of aliphatic hydroxyl groups is 1. The van der Waals surface area contributed by atoms with Gasteiger partial charge >= 0.3 is 27.0 Å². The largest absolute Gasteiger partial charge is 0.672 e. The molecule has 0 bridgehead atoms. The molecular formula is C10H13ClNORh. The minimum Gasteiger partial charge on any atom is -0.672 e. The maximum atomic E-state index is 9.46. The van der Waals surface area contributed by atoms with Crippen LogP contribution in [0.4, 0.5) is 0 Å². The van der Waals surface area contributed by atoms with Gasteiger partial charge in [0.2, 0.25) is 0 Å². The Morgan fingerprint density at radius 2 is 1.93 bits per heavy atom. The van der Waals surface area contributed by atoms with Gasteiger partial charge < -0.3 is 18.3 Å². The van der Waals surface area contributed by atoms with Crippen LogP contribution in [0.15, 0.2) is 24.3 Å². The van der Waals surface area contributed by atoms with Crippen LogP contribution in [0.5, 0.6) is 0 Å². The van der Waals surface area contributed by atoms with Crippen LogP contribution >= 0.6 is 9.69 Å². The van der Waals surface area contributed by atoms with Crippen molar-refractivity contribution in [3.8, 4) is 0 Å². The molecule has 0 radical (unpaired) electrons. The van der Waals surface area contributed by atoms with Crippen LogP contribution in [0.3, 0.4) is 0 Å². The first-order chi connectivity index (χ1) is 6.29. The topological polar surface area (TPSA) is 44.0 Å². The van der Waals surface area contributed by atoms with Crippen molar-refractivity contribution in [1.82, 2.24) is 0 Å². The first-order valence-corrected chi connectivity index (χ1v) is 5.99. The van der Waals surface area contributed by atoms with Crippen molar-refractivity contribution >= 4 is 9.69 Å². The normalized spacial score (nSPS) is 22.9. The van der Waals surface area contributed by atoms with E-state index in [-0.39, 0.29) is 13.5 Å². The van der Waals surface area contributed by atoms with Gasteiger partial charge in [-0.25, -0.2) is 0 Å². The zero-order valence-corrected chi connectivity index (χ0v) is 10.2. The predicted molar refractivity (Wildman–Crippen MR) is 55.5 cm³/mol. The number of hydrogen-bond donors (Lipinski definition) is 1. The third-order valence-electron chi connectivity index (χ3n) is 2.19. The number of aliphatic hydroxyl groups excluding tert-OH is 1. The predicted octanol–water partition coefficient (Wildman–Crippen LogP) is 2.83. The molecule has 2 rings (SSSR count). The molecule has 1 aromatic carbocycles. The molecule has 14 heavy (non-hydrogen) atoms. The fraction of sp³-hybridized carbons (Fsp3) is 0.300. The summed E-state index contributed by atoms with van der Waals surface area (Å²) in [6.45, 7) is 0. The first-order valence-electron chi connectivity index (χ1n) is 3.88. The molecule has 0 saturated carbocycles. The average molecular weight is 302 g/mol. The van der Waals surface area contributed by atoms with E-state index in [0.717, 1.165) is 11.1 Å². The van der Waals surface area contributed by atoms with Crippen molar-refractivity contribution in [2.45, 2.75) is 18.6 Å². The first kappa shape index (κ1) is 14.1. The minimum absolute atomic E-state index is 0. The summed E-state index contributed by atoms with van der Waals surface area (Å²) >= 11 is 2.02. The van der Waals surface area contributed by atoms with Gasteiger partial charge in [0.15, 0.2) is 0 Å². The van der Waals surface area contributed by atoms with Gasteiger partial charge in [0.25, 0.3) is 0 Å². The Hall–Kier alpha value is 0.0534. The Labute approximate surface area is 99.2 Å². The zero-order chi connectivity index (χ0) is 9.84. The Kier molecular flexibility index (Phi) is 6.55. The van der Waals surface area contributed by atoms with E-state index in [1.807, 2.05) is 41.6 Å². The van der Waals surface area contributed by atoms with Crippen molar-refractivity contribution in [2.24, 2.45) is 0 Å². The molecule has 0 saturated heterocycles. The second-order valence-corrected chi connectivity index (χ2v) is 2.95. The molecule has 2 nitrogen and oxygen atoms in total. The Balaban J connectivity index is 0.000000531. The molecule has 1 aliphatic carbocycles. The van der Waals surface area contributed by atoms with Gasteiger partial charge in [-0.1, -0.05) is 24.3 Å². The molecule has 1 aliphatic rings. The third-order valence-corrected chi connectivity index (χ3v) is 2.19. The van der Waals surface area contributed by atoms with Gasteiger partial charge in [-0.15, -0.1) is 6.04 Å². The molecule has 1 aromatic rings. The number of hydrogen-bond acceptors (Lipinski definition) is 1. The van der Waals surface area contributed by atoms with Gasteiger partial charge in [0.05, 0.1) is 6.10 Å². The number of rotatable bonds is 0. The molecular weight excluding hydrogens is 288 g/mol. The molecule has 0 heterocycles. The zero-order valence-electron chi connectivity index (χ0n) is 7.83. The smallest absolute Gasteiger partial charge is 0.0634 e. The third kappa shape index (κ3) is 2.77. The van der Waals surface area contributed by atoms with Gasteiger partial charge in [0, 0.05) is 0 Å². The van der Waals surface area contributed by atoms with Crippen molar-refractivity contribution in [2.75, 3.05) is 0 Å². The molecule has 2 unspecified atom stereocenters. The monoisotopic (exact) mass is 301 g/mol. The Morgan fingerprint density at radius 3 is 2.50 bits per heavy atom. The molecule has 4 heteroatoms.